The van der Waals surface area contributed by atoms with Crippen LogP contribution in [0.2, 0.25) is 0 Å². The van der Waals surface area contributed by atoms with Crippen LogP contribution in [0.4, 0.5) is 5.82 Å². The molecular formula is C21H29N5O3. The lowest BCUT2D eigenvalue weighted by atomic mass is 10.0. The molecule has 156 valence electrons. The van der Waals surface area contributed by atoms with Crippen molar-refractivity contribution in [3.63, 3.8) is 0 Å². The highest BCUT2D eigenvalue weighted by atomic mass is 16.7. The van der Waals surface area contributed by atoms with Gasteiger partial charge in [-0.05, 0) is 30.9 Å². The summed E-state index contributed by atoms with van der Waals surface area (Å²) in [4.78, 5) is 13.9. The average Bonchev–Trinajstić information content (AvgIpc) is 3.40. The molecule has 3 aliphatic rings. The number of hydrogen-bond donors (Lipinski definition) is 0. The first-order valence-electron chi connectivity index (χ1n) is 10.7. The molecule has 0 amide bonds. The SMILES string of the molecule is CC1CCCN(c2ccc(-c3noc(CN4CCC5(CC4)OCCO5)n3)cn2)C1. The summed E-state index contributed by atoms with van der Waals surface area (Å²) in [5.41, 5.74) is 0.888. The van der Waals surface area contributed by atoms with E-state index in [1.165, 1.54) is 12.8 Å². The molecule has 1 unspecified atom stereocenters. The summed E-state index contributed by atoms with van der Waals surface area (Å²) in [6, 6.07) is 4.10. The fourth-order valence-corrected chi connectivity index (χ4v) is 4.57. The first-order valence-corrected chi connectivity index (χ1v) is 10.7. The van der Waals surface area contributed by atoms with Crippen molar-refractivity contribution in [2.75, 3.05) is 44.3 Å². The highest BCUT2D eigenvalue weighted by Gasteiger charge is 2.39. The van der Waals surface area contributed by atoms with Crippen LogP contribution in [0.25, 0.3) is 11.4 Å². The molecule has 2 aromatic heterocycles. The minimum absolute atomic E-state index is 0.351. The Balaban J connectivity index is 1.19. The van der Waals surface area contributed by atoms with Crippen molar-refractivity contribution >= 4 is 5.82 Å². The maximum atomic E-state index is 5.79. The van der Waals surface area contributed by atoms with Gasteiger partial charge in [0.1, 0.15) is 5.82 Å². The molecule has 3 fully saturated rings. The van der Waals surface area contributed by atoms with E-state index in [4.69, 9.17) is 14.0 Å². The van der Waals surface area contributed by atoms with Crippen LogP contribution in [0.3, 0.4) is 0 Å². The van der Waals surface area contributed by atoms with E-state index in [1.807, 2.05) is 12.3 Å². The van der Waals surface area contributed by atoms with E-state index in [-0.39, 0.29) is 5.79 Å². The van der Waals surface area contributed by atoms with E-state index < -0.39 is 0 Å². The summed E-state index contributed by atoms with van der Waals surface area (Å²) in [6.45, 7) is 8.33. The van der Waals surface area contributed by atoms with E-state index >= 15 is 0 Å². The summed E-state index contributed by atoms with van der Waals surface area (Å²) in [5, 5.41) is 4.16. The molecule has 5 heterocycles. The Morgan fingerprint density at radius 2 is 1.97 bits per heavy atom. The van der Waals surface area contributed by atoms with Crippen LogP contribution < -0.4 is 4.90 Å². The zero-order valence-corrected chi connectivity index (χ0v) is 17.0. The van der Waals surface area contributed by atoms with Crippen LogP contribution in [0.15, 0.2) is 22.9 Å². The lowest BCUT2D eigenvalue weighted by molar-refractivity contribution is -0.186. The first kappa shape index (κ1) is 19.0. The van der Waals surface area contributed by atoms with Crippen molar-refractivity contribution < 1.29 is 14.0 Å². The minimum atomic E-state index is -0.351. The van der Waals surface area contributed by atoms with Gasteiger partial charge >= 0.3 is 0 Å². The van der Waals surface area contributed by atoms with Crippen molar-refractivity contribution in [2.45, 2.75) is 44.9 Å². The molecule has 0 N–H and O–H groups in total. The zero-order valence-electron chi connectivity index (χ0n) is 17.0. The van der Waals surface area contributed by atoms with Gasteiger partial charge in [0.05, 0.1) is 19.8 Å². The van der Waals surface area contributed by atoms with Crippen molar-refractivity contribution in [3.8, 4) is 11.4 Å². The largest absolute Gasteiger partial charge is 0.356 e. The summed E-state index contributed by atoms with van der Waals surface area (Å²) in [7, 11) is 0. The van der Waals surface area contributed by atoms with Crippen LogP contribution in [0.1, 0.15) is 38.5 Å². The Labute approximate surface area is 171 Å². The number of anilines is 1. The van der Waals surface area contributed by atoms with Gasteiger partial charge in [0.15, 0.2) is 5.79 Å². The third-order valence-electron chi connectivity index (χ3n) is 6.25. The van der Waals surface area contributed by atoms with Gasteiger partial charge in [-0.15, -0.1) is 0 Å². The number of aromatic nitrogens is 3. The van der Waals surface area contributed by atoms with Crippen molar-refractivity contribution in [1.82, 2.24) is 20.0 Å². The maximum absolute atomic E-state index is 5.79. The summed E-state index contributed by atoms with van der Waals surface area (Å²) in [5.74, 6) is 2.64. The van der Waals surface area contributed by atoms with Crippen LogP contribution in [0, 0.1) is 5.92 Å². The molecule has 0 saturated carbocycles. The molecule has 0 radical (unpaired) electrons. The second-order valence-corrected chi connectivity index (χ2v) is 8.49. The molecular weight excluding hydrogens is 370 g/mol. The number of rotatable bonds is 4. The lowest BCUT2D eigenvalue weighted by Crippen LogP contribution is -2.44. The summed E-state index contributed by atoms with van der Waals surface area (Å²) < 4.78 is 17.1. The number of pyridine rings is 1. The van der Waals surface area contributed by atoms with Gasteiger partial charge < -0.3 is 18.9 Å². The highest BCUT2D eigenvalue weighted by Crippen LogP contribution is 2.31. The fourth-order valence-electron chi connectivity index (χ4n) is 4.57. The Hall–Kier alpha value is -2.03. The normalized spacial score (nSPS) is 25.0. The number of piperidine rings is 2. The van der Waals surface area contributed by atoms with Gasteiger partial charge in [0, 0.05) is 50.8 Å². The third kappa shape index (κ3) is 4.15. The minimum Gasteiger partial charge on any atom is -0.356 e. The van der Waals surface area contributed by atoms with E-state index in [0.717, 1.165) is 56.3 Å². The number of hydrogen-bond acceptors (Lipinski definition) is 8. The Bertz CT molecular complexity index is 808. The molecule has 5 rings (SSSR count). The third-order valence-corrected chi connectivity index (χ3v) is 6.25. The van der Waals surface area contributed by atoms with Gasteiger partial charge in [-0.1, -0.05) is 12.1 Å². The second-order valence-electron chi connectivity index (χ2n) is 8.49. The quantitative estimate of drug-likeness (QED) is 0.777. The van der Waals surface area contributed by atoms with Crippen LogP contribution in [-0.4, -0.2) is 65.2 Å². The fraction of sp³-hybridized carbons (Fsp3) is 0.667. The average molecular weight is 399 g/mol. The van der Waals surface area contributed by atoms with Crippen LogP contribution in [0.5, 0.6) is 0 Å². The first-order chi connectivity index (χ1) is 14.2. The molecule has 3 aliphatic heterocycles. The second kappa shape index (κ2) is 8.01. The van der Waals surface area contributed by atoms with Crippen molar-refractivity contribution in [2.24, 2.45) is 5.92 Å². The number of likely N-dealkylation sites (tertiary alicyclic amines) is 1. The summed E-state index contributed by atoms with van der Waals surface area (Å²) >= 11 is 0. The van der Waals surface area contributed by atoms with Gasteiger partial charge in [0.25, 0.3) is 0 Å². The monoisotopic (exact) mass is 399 g/mol. The van der Waals surface area contributed by atoms with E-state index in [1.54, 1.807) is 0 Å². The van der Waals surface area contributed by atoms with Crippen molar-refractivity contribution in [1.29, 1.82) is 0 Å². The predicted octanol–water partition coefficient (Wildman–Crippen LogP) is 2.71. The molecule has 8 heteroatoms. The zero-order chi connectivity index (χ0) is 19.7. The van der Waals surface area contributed by atoms with Crippen molar-refractivity contribution in [3.05, 3.63) is 24.2 Å². The van der Waals surface area contributed by atoms with Gasteiger partial charge in [-0.2, -0.15) is 4.98 Å². The molecule has 0 aliphatic carbocycles. The Morgan fingerprint density at radius 1 is 1.14 bits per heavy atom. The molecule has 8 nitrogen and oxygen atoms in total. The van der Waals surface area contributed by atoms with Gasteiger partial charge in [-0.25, -0.2) is 4.98 Å². The standard InChI is InChI=1S/C21H29N5O3/c1-16-3-2-8-26(14-16)18-5-4-17(13-22-18)20-23-19(29-24-20)15-25-9-6-21(7-10-25)27-11-12-28-21/h4-5,13,16H,2-3,6-12,14-15H2,1H3. The number of nitrogens with zero attached hydrogens (tertiary/aromatic N) is 5. The van der Waals surface area contributed by atoms with Crippen LogP contribution in [-0.2, 0) is 16.0 Å². The molecule has 3 saturated heterocycles. The van der Waals surface area contributed by atoms with Crippen LogP contribution >= 0.6 is 0 Å². The molecule has 0 aromatic carbocycles. The van der Waals surface area contributed by atoms with E-state index in [0.29, 0.717) is 31.5 Å². The molecule has 29 heavy (non-hydrogen) atoms. The highest BCUT2D eigenvalue weighted by molar-refractivity contribution is 5.55. The van der Waals surface area contributed by atoms with E-state index in [9.17, 15) is 0 Å². The van der Waals surface area contributed by atoms with Gasteiger partial charge in [-0.3, -0.25) is 4.90 Å². The number of ether oxygens (including phenoxy) is 2. The predicted molar refractivity (Wildman–Crippen MR) is 107 cm³/mol. The molecule has 0 bridgehead atoms. The topological polar surface area (TPSA) is 76.8 Å². The summed E-state index contributed by atoms with van der Waals surface area (Å²) in [6.07, 6.45) is 6.15. The van der Waals surface area contributed by atoms with Gasteiger partial charge in [0.2, 0.25) is 11.7 Å². The smallest absolute Gasteiger partial charge is 0.241 e. The lowest BCUT2D eigenvalue weighted by Gasteiger charge is -2.36. The van der Waals surface area contributed by atoms with E-state index in [2.05, 4.69) is 37.9 Å². The Morgan fingerprint density at radius 3 is 2.69 bits per heavy atom. The molecule has 2 aromatic rings. The molecule has 1 atom stereocenters. The molecule has 1 spiro atoms. The Kier molecular flexibility index (Phi) is 5.24. The maximum Gasteiger partial charge on any atom is 0.241 e.